The van der Waals surface area contributed by atoms with E-state index in [0.29, 0.717) is 6.42 Å². The summed E-state index contributed by atoms with van der Waals surface area (Å²) in [7, 11) is 2.37. The number of hydrogen-bond donors (Lipinski definition) is 9. The summed E-state index contributed by atoms with van der Waals surface area (Å²) >= 11 is 0. The highest BCUT2D eigenvalue weighted by atomic mass is 33.1. The maximum absolute atomic E-state index is 13.7. The fourth-order valence-electron chi connectivity index (χ4n) is 4.56. The number of primary amides is 1. The summed E-state index contributed by atoms with van der Waals surface area (Å²) in [4.78, 5) is 73.5. The van der Waals surface area contributed by atoms with Crippen LogP contribution in [-0.4, -0.2) is 90.2 Å². The van der Waals surface area contributed by atoms with Crippen molar-refractivity contribution in [2.75, 3.05) is 24.6 Å². The van der Waals surface area contributed by atoms with Crippen molar-refractivity contribution in [3.05, 3.63) is 48.0 Å². The Labute approximate surface area is 279 Å². The van der Waals surface area contributed by atoms with Crippen LogP contribution in [-0.2, 0) is 30.4 Å². The quantitative estimate of drug-likeness (QED) is 0.0535. The molecule has 0 aliphatic carbocycles. The Bertz CT molecular complexity index is 1500. The highest BCUT2D eigenvalue weighted by molar-refractivity contribution is 8.76. The number of benzene rings is 2. The Balaban J connectivity index is 1.90. The minimum atomic E-state index is -1.13. The van der Waals surface area contributed by atoms with Gasteiger partial charge in [-0.15, -0.1) is 0 Å². The van der Waals surface area contributed by atoms with Gasteiger partial charge in [-0.2, -0.15) is 0 Å². The number of hydrogen-bond acceptors (Lipinski definition) is 9. The van der Waals surface area contributed by atoms with Crippen LogP contribution in [0.5, 0.6) is 0 Å². The second-order valence-electron chi connectivity index (χ2n) is 10.7. The number of fused-ring (bicyclic) bond motifs is 1. The standard InChI is InChI=1S/C29H41N11O5S2/c30-24(42)21-14-46-47-15-22(37-23(41)9-11-36-29(33)34)27(45)38-19(6-3-10-35-28(31)32)25(43)39-20(26(44)40-21)13-16-7-8-17-4-1-2-5-18(17)12-16/h1-2,4-5,7-8,12,19-22H,3,6,9-11,13-15H2,(H2,30,42)(H,37,41)(H,38,45)(H,39,43)(H,40,44)(H4,31,32,35)(H4,33,34,36)/t19-,20-,21-,22-/m0/s1. The van der Waals surface area contributed by atoms with E-state index in [2.05, 4.69) is 31.3 Å². The number of carbonyl (C=O) groups is 5. The van der Waals surface area contributed by atoms with Crippen molar-refractivity contribution in [2.24, 2.45) is 38.7 Å². The van der Waals surface area contributed by atoms with E-state index in [1.807, 2.05) is 42.5 Å². The molecule has 0 saturated carbocycles. The molecule has 5 amide bonds. The van der Waals surface area contributed by atoms with Crippen molar-refractivity contribution < 1.29 is 24.0 Å². The summed E-state index contributed by atoms with van der Waals surface area (Å²) in [5, 5.41) is 12.7. The van der Waals surface area contributed by atoms with Gasteiger partial charge >= 0.3 is 0 Å². The number of guanidine groups is 2. The first-order valence-electron chi connectivity index (χ1n) is 14.8. The predicted molar refractivity (Wildman–Crippen MR) is 185 cm³/mol. The van der Waals surface area contributed by atoms with Crippen molar-refractivity contribution in [2.45, 2.75) is 49.9 Å². The first-order valence-corrected chi connectivity index (χ1v) is 17.2. The Morgan fingerprint density at radius 2 is 1.43 bits per heavy atom. The van der Waals surface area contributed by atoms with E-state index in [1.54, 1.807) is 0 Å². The van der Waals surface area contributed by atoms with Crippen LogP contribution in [0.1, 0.15) is 24.8 Å². The molecule has 4 atom stereocenters. The molecule has 1 saturated heterocycles. The zero-order valence-electron chi connectivity index (χ0n) is 25.6. The lowest BCUT2D eigenvalue weighted by Crippen LogP contribution is -2.59. The number of amides is 5. The molecule has 0 bridgehead atoms. The van der Waals surface area contributed by atoms with Gasteiger partial charge in [0.25, 0.3) is 0 Å². The first-order chi connectivity index (χ1) is 22.4. The zero-order valence-corrected chi connectivity index (χ0v) is 27.3. The summed E-state index contributed by atoms with van der Waals surface area (Å²) in [6.45, 7) is 0.194. The average Bonchev–Trinajstić information content (AvgIpc) is 3.01. The van der Waals surface area contributed by atoms with Gasteiger partial charge in [0.05, 0.1) is 6.54 Å². The highest BCUT2D eigenvalue weighted by Crippen LogP contribution is 2.24. The van der Waals surface area contributed by atoms with E-state index in [0.717, 1.165) is 16.3 Å². The summed E-state index contributed by atoms with van der Waals surface area (Å²) in [5.41, 5.74) is 27.9. The Kier molecular flexibility index (Phi) is 14.4. The fraction of sp³-hybridized carbons (Fsp3) is 0.414. The number of carbonyl (C=O) groups excluding carboxylic acids is 5. The van der Waals surface area contributed by atoms with E-state index in [4.69, 9.17) is 28.7 Å². The molecule has 1 heterocycles. The molecular weight excluding hydrogens is 647 g/mol. The van der Waals surface area contributed by atoms with Crippen molar-refractivity contribution in [3.63, 3.8) is 0 Å². The summed E-state index contributed by atoms with van der Waals surface area (Å²) < 4.78 is 0. The van der Waals surface area contributed by atoms with Gasteiger partial charge in [-0.1, -0.05) is 64.1 Å². The molecule has 14 N–H and O–H groups in total. The van der Waals surface area contributed by atoms with Crippen molar-refractivity contribution in [1.82, 2.24) is 21.3 Å². The molecule has 254 valence electrons. The van der Waals surface area contributed by atoms with Gasteiger partial charge < -0.3 is 49.9 Å². The van der Waals surface area contributed by atoms with Crippen LogP contribution in [0.2, 0.25) is 0 Å². The first kappa shape index (κ1) is 36.8. The molecule has 0 unspecified atom stereocenters. The maximum Gasteiger partial charge on any atom is 0.244 e. The van der Waals surface area contributed by atoms with Crippen molar-refractivity contribution >= 4 is 73.8 Å². The molecule has 2 aromatic carbocycles. The SMILES string of the molecule is NC(=O)[C@@H]1CSSC[C@H](NC(=O)CCN=C(N)N)C(=O)N[C@@H](CCCN=C(N)N)C(=O)N[C@@H](Cc2ccc3ccccc3c2)C(=O)N1. The minimum absolute atomic E-state index is 0.0127. The van der Waals surface area contributed by atoms with Gasteiger partial charge in [0.1, 0.15) is 24.2 Å². The van der Waals surface area contributed by atoms with E-state index in [-0.39, 0.29) is 55.8 Å². The molecule has 1 fully saturated rings. The molecule has 47 heavy (non-hydrogen) atoms. The second-order valence-corrected chi connectivity index (χ2v) is 13.2. The molecule has 1 aliphatic rings. The zero-order chi connectivity index (χ0) is 34.3. The third-order valence-corrected chi connectivity index (χ3v) is 9.38. The van der Waals surface area contributed by atoms with Crippen LogP contribution < -0.4 is 49.9 Å². The monoisotopic (exact) mass is 687 g/mol. The molecule has 18 heteroatoms. The molecule has 3 rings (SSSR count). The van der Waals surface area contributed by atoms with Crippen LogP contribution in [0.15, 0.2) is 52.4 Å². The van der Waals surface area contributed by atoms with Gasteiger partial charge in [0, 0.05) is 30.9 Å². The van der Waals surface area contributed by atoms with Gasteiger partial charge in [-0.25, -0.2) is 0 Å². The normalized spacial score (nSPS) is 20.9. The number of nitrogens with two attached hydrogens (primary N) is 5. The average molecular weight is 688 g/mol. The van der Waals surface area contributed by atoms with Crippen molar-refractivity contribution in [1.29, 1.82) is 0 Å². The molecule has 0 radical (unpaired) electrons. The van der Waals surface area contributed by atoms with Gasteiger partial charge in [-0.05, 0) is 29.2 Å². The minimum Gasteiger partial charge on any atom is -0.370 e. The number of aliphatic imine (C=N–C) groups is 2. The third-order valence-electron chi connectivity index (χ3n) is 6.96. The van der Waals surface area contributed by atoms with E-state index < -0.39 is 53.7 Å². The summed E-state index contributed by atoms with van der Waals surface area (Å²) in [5.74, 6) is -3.33. The van der Waals surface area contributed by atoms with Crippen LogP contribution in [0.3, 0.4) is 0 Å². The number of nitrogens with zero attached hydrogens (tertiary/aromatic N) is 2. The lowest BCUT2D eigenvalue weighted by molar-refractivity contribution is -0.134. The molecule has 0 aromatic heterocycles. The van der Waals surface area contributed by atoms with Crippen LogP contribution in [0.25, 0.3) is 10.8 Å². The fourth-order valence-corrected chi connectivity index (χ4v) is 6.90. The van der Waals surface area contributed by atoms with E-state index in [9.17, 15) is 24.0 Å². The van der Waals surface area contributed by atoms with Crippen LogP contribution in [0, 0.1) is 0 Å². The molecule has 0 spiro atoms. The Morgan fingerprint density at radius 3 is 2.13 bits per heavy atom. The maximum atomic E-state index is 13.7. The predicted octanol–water partition coefficient (Wildman–Crippen LogP) is -2.08. The smallest absolute Gasteiger partial charge is 0.244 e. The molecule has 1 aliphatic heterocycles. The number of rotatable bonds is 11. The van der Waals surface area contributed by atoms with Crippen LogP contribution >= 0.6 is 21.6 Å². The van der Waals surface area contributed by atoms with E-state index in [1.165, 1.54) is 21.6 Å². The van der Waals surface area contributed by atoms with Gasteiger partial charge in [0.15, 0.2) is 11.9 Å². The molecule has 16 nitrogen and oxygen atoms in total. The van der Waals surface area contributed by atoms with Crippen LogP contribution in [0.4, 0.5) is 0 Å². The van der Waals surface area contributed by atoms with E-state index >= 15 is 0 Å². The molecular formula is C29H41N11O5S2. The van der Waals surface area contributed by atoms with Crippen molar-refractivity contribution in [3.8, 4) is 0 Å². The lowest BCUT2D eigenvalue weighted by atomic mass is 10.00. The third kappa shape index (κ3) is 12.5. The van der Waals surface area contributed by atoms with Gasteiger partial charge in [0.2, 0.25) is 29.5 Å². The lowest BCUT2D eigenvalue weighted by Gasteiger charge is -2.27. The topological polar surface area (TPSA) is 288 Å². The largest absolute Gasteiger partial charge is 0.370 e. The summed E-state index contributed by atoms with van der Waals surface area (Å²) in [6, 6.07) is 8.97. The van der Waals surface area contributed by atoms with Gasteiger partial charge in [-0.3, -0.25) is 34.0 Å². The Morgan fingerprint density at radius 1 is 0.787 bits per heavy atom. The Hall–Kier alpha value is -4.71. The molecule has 2 aromatic rings. The summed E-state index contributed by atoms with van der Waals surface area (Å²) in [6.07, 6.45) is 0.407. The highest BCUT2D eigenvalue weighted by Gasteiger charge is 2.32. The number of nitrogens with one attached hydrogen (secondary N) is 4. The second kappa shape index (κ2) is 18.4.